The number of halogens is 1. The number of ether oxygens (including phenoxy) is 1. The molecule has 0 heterocycles. The van der Waals surface area contributed by atoms with Gasteiger partial charge in [-0.3, -0.25) is 4.79 Å². The molecule has 0 spiro atoms. The van der Waals surface area contributed by atoms with Crippen LogP contribution in [0.3, 0.4) is 0 Å². The van der Waals surface area contributed by atoms with Crippen molar-refractivity contribution in [2.45, 2.75) is 77.2 Å². The normalized spacial score (nSPS) is 12.4. The van der Waals surface area contributed by atoms with E-state index >= 15 is 0 Å². The van der Waals surface area contributed by atoms with E-state index in [1.54, 1.807) is 0 Å². The fourth-order valence-corrected chi connectivity index (χ4v) is 1.97. The van der Waals surface area contributed by atoms with Gasteiger partial charge < -0.3 is 9.84 Å². The number of aliphatic hydroxyl groups is 1. The number of aliphatic hydroxyl groups excluding tert-OH is 1. The maximum Gasteiger partial charge on any atom is 0.305 e. The lowest BCUT2D eigenvalue weighted by Gasteiger charge is -2.08. The Labute approximate surface area is 122 Å². The molecule has 19 heavy (non-hydrogen) atoms. The van der Waals surface area contributed by atoms with Crippen molar-refractivity contribution in [2.75, 3.05) is 12.5 Å². The molecule has 114 valence electrons. The number of carbonyl (C=O) groups is 1. The van der Waals surface area contributed by atoms with Crippen LogP contribution < -0.4 is 0 Å². The Kier molecular flexibility index (Phi) is 13.9. The lowest BCUT2D eigenvalue weighted by Crippen LogP contribution is -2.19. The number of alkyl halides is 1. The van der Waals surface area contributed by atoms with Gasteiger partial charge in [-0.15, -0.1) is 11.6 Å². The average Bonchev–Trinajstić information content (AvgIpc) is 2.42. The fourth-order valence-electron chi connectivity index (χ4n) is 1.89. The molecule has 3 nitrogen and oxygen atoms in total. The highest BCUT2D eigenvalue weighted by atomic mass is 35.5. The second-order valence-corrected chi connectivity index (χ2v) is 5.38. The van der Waals surface area contributed by atoms with E-state index in [4.69, 9.17) is 21.4 Å². The molecule has 1 atom stereocenters. The van der Waals surface area contributed by atoms with E-state index in [0.717, 1.165) is 12.8 Å². The zero-order valence-corrected chi connectivity index (χ0v) is 13.0. The van der Waals surface area contributed by atoms with Crippen LogP contribution in [0.15, 0.2) is 0 Å². The second-order valence-electron chi connectivity index (χ2n) is 5.07. The third kappa shape index (κ3) is 13.9. The topological polar surface area (TPSA) is 46.5 Å². The molecule has 0 aromatic heterocycles. The van der Waals surface area contributed by atoms with Gasteiger partial charge in [0.2, 0.25) is 0 Å². The highest BCUT2D eigenvalue weighted by Gasteiger charge is 2.07. The average molecular weight is 293 g/mol. The number of unbranched alkanes of at least 4 members (excludes halogenated alkanes) is 8. The van der Waals surface area contributed by atoms with Gasteiger partial charge in [0, 0.05) is 6.42 Å². The van der Waals surface area contributed by atoms with Gasteiger partial charge in [-0.25, -0.2) is 0 Å². The van der Waals surface area contributed by atoms with Gasteiger partial charge in [-0.05, 0) is 6.42 Å². The minimum atomic E-state index is -0.742. The maximum absolute atomic E-state index is 11.3. The van der Waals surface area contributed by atoms with Crippen LogP contribution in [0, 0.1) is 0 Å². The smallest absolute Gasteiger partial charge is 0.305 e. The molecule has 0 saturated heterocycles. The predicted octanol–water partition coefficient (Wildman–Crippen LogP) is 4.05. The summed E-state index contributed by atoms with van der Waals surface area (Å²) in [7, 11) is 0. The van der Waals surface area contributed by atoms with E-state index in [9.17, 15) is 4.79 Å². The van der Waals surface area contributed by atoms with Gasteiger partial charge >= 0.3 is 5.97 Å². The van der Waals surface area contributed by atoms with Crippen molar-refractivity contribution in [1.82, 2.24) is 0 Å². The van der Waals surface area contributed by atoms with Crippen LogP contribution in [0.4, 0.5) is 0 Å². The maximum atomic E-state index is 11.3. The van der Waals surface area contributed by atoms with E-state index in [2.05, 4.69) is 6.92 Å². The summed E-state index contributed by atoms with van der Waals surface area (Å²) in [5.74, 6) is -0.127. The van der Waals surface area contributed by atoms with E-state index in [0.29, 0.717) is 6.42 Å². The van der Waals surface area contributed by atoms with Crippen molar-refractivity contribution >= 4 is 17.6 Å². The Bertz CT molecular complexity index is 210. The summed E-state index contributed by atoms with van der Waals surface area (Å²) in [4.78, 5) is 11.3. The van der Waals surface area contributed by atoms with Gasteiger partial charge in [-0.2, -0.15) is 0 Å². The summed E-state index contributed by atoms with van der Waals surface area (Å²) >= 11 is 5.40. The molecule has 0 saturated carbocycles. The fraction of sp³-hybridized carbons (Fsp3) is 0.933. The van der Waals surface area contributed by atoms with E-state index < -0.39 is 6.10 Å². The van der Waals surface area contributed by atoms with Crippen molar-refractivity contribution in [3.05, 3.63) is 0 Å². The predicted molar refractivity (Wildman–Crippen MR) is 79.5 cm³/mol. The molecule has 1 N–H and O–H groups in total. The molecule has 0 radical (unpaired) electrons. The molecular weight excluding hydrogens is 264 g/mol. The lowest BCUT2D eigenvalue weighted by molar-refractivity contribution is -0.146. The van der Waals surface area contributed by atoms with Crippen molar-refractivity contribution < 1.29 is 14.6 Å². The second kappa shape index (κ2) is 14.1. The summed E-state index contributed by atoms with van der Waals surface area (Å²) in [6.07, 6.45) is 10.8. The molecule has 0 aliphatic heterocycles. The summed E-state index contributed by atoms with van der Waals surface area (Å²) in [6, 6.07) is 0. The molecule has 0 fully saturated rings. The van der Waals surface area contributed by atoms with Gasteiger partial charge in [0.25, 0.3) is 0 Å². The number of hydrogen-bond donors (Lipinski definition) is 1. The molecule has 0 bridgehead atoms. The van der Waals surface area contributed by atoms with Crippen LogP contribution >= 0.6 is 11.6 Å². The molecule has 0 unspecified atom stereocenters. The van der Waals surface area contributed by atoms with Gasteiger partial charge in [0.15, 0.2) is 0 Å². The van der Waals surface area contributed by atoms with Crippen LogP contribution in [0.2, 0.25) is 0 Å². The Morgan fingerprint density at radius 2 is 1.58 bits per heavy atom. The van der Waals surface area contributed by atoms with Crippen LogP contribution in [0.25, 0.3) is 0 Å². The van der Waals surface area contributed by atoms with Crippen LogP contribution in [-0.2, 0) is 9.53 Å². The number of carbonyl (C=O) groups excluding carboxylic acids is 1. The SMILES string of the molecule is CCCCCCCCCCCC(=O)OC[C@@H](O)CCl. The molecule has 0 aromatic rings. The number of rotatable bonds is 13. The monoisotopic (exact) mass is 292 g/mol. The summed E-state index contributed by atoms with van der Waals surface area (Å²) in [5.41, 5.74) is 0. The van der Waals surface area contributed by atoms with Crippen molar-refractivity contribution in [3.63, 3.8) is 0 Å². The molecule has 4 heteroatoms. The summed E-state index contributed by atoms with van der Waals surface area (Å²) < 4.78 is 4.89. The third-order valence-electron chi connectivity index (χ3n) is 3.10. The summed E-state index contributed by atoms with van der Waals surface area (Å²) in [5, 5.41) is 9.13. The van der Waals surface area contributed by atoms with Crippen molar-refractivity contribution in [3.8, 4) is 0 Å². The first-order valence-corrected chi connectivity index (χ1v) is 8.13. The van der Waals surface area contributed by atoms with E-state index in [1.807, 2.05) is 0 Å². The molecule has 0 aliphatic rings. The molecule has 0 amide bonds. The molecule has 0 aliphatic carbocycles. The minimum Gasteiger partial charge on any atom is -0.463 e. The standard InChI is InChI=1S/C15H29ClO3/c1-2-3-4-5-6-7-8-9-10-11-15(18)19-13-14(17)12-16/h14,17H,2-13H2,1H3/t14-/m0/s1. The van der Waals surface area contributed by atoms with Gasteiger partial charge in [0.1, 0.15) is 12.7 Å². The van der Waals surface area contributed by atoms with E-state index in [-0.39, 0.29) is 18.5 Å². The molecule has 0 aromatic carbocycles. The zero-order chi connectivity index (χ0) is 14.3. The van der Waals surface area contributed by atoms with Gasteiger partial charge in [0.05, 0.1) is 5.88 Å². The van der Waals surface area contributed by atoms with Crippen LogP contribution in [0.5, 0.6) is 0 Å². The largest absolute Gasteiger partial charge is 0.463 e. The van der Waals surface area contributed by atoms with Crippen LogP contribution in [-0.4, -0.2) is 29.7 Å². The Morgan fingerprint density at radius 3 is 2.11 bits per heavy atom. The number of hydrogen-bond acceptors (Lipinski definition) is 3. The molecule has 0 rings (SSSR count). The van der Waals surface area contributed by atoms with E-state index in [1.165, 1.54) is 44.9 Å². The quantitative estimate of drug-likeness (QED) is 0.316. The number of esters is 1. The highest BCUT2D eigenvalue weighted by Crippen LogP contribution is 2.10. The Morgan fingerprint density at radius 1 is 1.05 bits per heavy atom. The first kappa shape index (κ1) is 18.7. The lowest BCUT2D eigenvalue weighted by atomic mass is 10.1. The Balaban J connectivity index is 3.18. The van der Waals surface area contributed by atoms with Crippen molar-refractivity contribution in [1.29, 1.82) is 0 Å². The minimum absolute atomic E-state index is 0.0137. The highest BCUT2D eigenvalue weighted by molar-refractivity contribution is 6.18. The summed E-state index contributed by atoms with van der Waals surface area (Å²) in [6.45, 7) is 2.24. The first-order chi connectivity index (χ1) is 9.20. The first-order valence-electron chi connectivity index (χ1n) is 7.60. The Hall–Kier alpha value is -0.280. The van der Waals surface area contributed by atoms with Crippen LogP contribution in [0.1, 0.15) is 71.1 Å². The molecular formula is C15H29ClO3. The zero-order valence-electron chi connectivity index (χ0n) is 12.2. The third-order valence-corrected chi connectivity index (χ3v) is 3.46. The van der Waals surface area contributed by atoms with Gasteiger partial charge in [-0.1, -0.05) is 58.3 Å². The van der Waals surface area contributed by atoms with Crippen molar-refractivity contribution in [2.24, 2.45) is 0 Å².